The van der Waals surface area contributed by atoms with Crippen LogP contribution in [-0.2, 0) is 10.8 Å². The maximum absolute atomic E-state index is 5.72. The number of aromatic nitrogens is 6. The van der Waals surface area contributed by atoms with Gasteiger partial charge in [0.1, 0.15) is 5.82 Å². The Bertz CT molecular complexity index is 4420. The summed E-state index contributed by atoms with van der Waals surface area (Å²) in [6.07, 6.45) is 0. The second kappa shape index (κ2) is 22.8. The summed E-state index contributed by atoms with van der Waals surface area (Å²) in [5.41, 5.74) is 20.2. The molecule has 0 bridgehead atoms. The van der Waals surface area contributed by atoms with Gasteiger partial charge < -0.3 is 4.90 Å². The van der Waals surface area contributed by atoms with Gasteiger partial charge in [0.2, 0.25) is 0 Å². The average Bonchev–Trinajstić information content (AvgIpc) is 0.900. The van der Waals surface area contributed by atoms with E-state index in [0.29, 0.717) is 17.5 Å². The molecule has 0 aliphatic carbocycles. The topological polar surface area (TPSA) is 83.8 Å². The van der Waals surface area contributed by atoms with Crippen molar-refractivity contribution in [3.63, 3.8) is 0 Å². The lowest BCUT2D eigenvalue weighted by Gasteiger charge is -2.41. The van der Waals surface area contributed by atoms with E-state index in [2.05, 4.69) is 258 Å². The van der Waals surface area contributed by atoms with Gasteiger partial charge in [-0.05, 0) is 76.1 Å². The van der Waals surface area contributed by atoms with E-state index in [4.69, 9.17) is 29.9 Å². The zero-order chi connectivity index (χ0) is 59.9. The molecule has 0 spiro atoms. The van der Waals surface area contributed by atoms with Crippen molar-refractivity contribution in [2.24, 2.45) is 0 Å². The quantitative estimate of drug-likeness (QED) is 0.127. The standard InChI is InChI=1S/C80H64N8/c1-79(2,3)61-45-59(46-62(49-61)80(4,5)6)63-47-60(67-50-65(53-29-13-7-14-30-53)81-76(83-67)56-35-19-10-20-36-56)48-64(69-51-66(54-31-15-8-16-32-54)82-77(85-69)57-37-21-11-22-38-57)75(63)88-72-43-27-25-41-70(72)87(71-42-26-28-44-73(71)88)74-52-68(55-33-17-9-18-34-55)84-78(86-74)58-39-23-12-24-40-58/h7-52H,1-6H3. The summed E-state index contributed by atoms with van der Waals surface area (Å²) in [4.78, 5) is 37.5. The first-order chi connectivity index (χ1) is 42.9. The van der Waals surface area contributed by atoms with Crippen LogP contribution >= 0.6 is 0 Å². The van der Waals surface area contributed by atoms with Gasteiger partial charge in [0.25, 0.3) is 0 Å². The van der Waals surface area contributed by atoms with Crippen LogP contribution in [0.1, 0.15) is 52.7 Å². The fraction of sp³-hybridized carbons (Fsp3) is 0.100. The molecule has 0 saturated carbocycles. The smallest absolute Gasteiger partial charge is 0.162 e. The highest BCUT2D eigenvalue weighted by Crippen LogP contribution is 2.58. The fourth-order valence-electron chi connectivity index (χ4n) is 11.7. The fourth-order valence-corrected chi connectivity index (χ4v) is 11.7. The minimum absolute atomic E-state index is 0.208. The molecule has 0 unspecified atom stereocenters. The van der Waals surface area contributed by atoms with Gasteiger partial charge in [0.15, 0.2) is 17.5 Å². The summed E-state index contributed by atoms with van der Waals surface area (Å²) in [7, 11) is 0. The lowest BCUT2D eigenvalue weighted by Crippen LogP contribution is -2.25. The van der Waals surface area contributed by atoms with E-state index in [1.165, 1.54) is 11.1 Å². The third-order valence-electron chi connectivity index (χ3n) is 16.3. The summed E-state index contributed by atoms with van der Waals surface area (Å²) in [6.45, 7) is 13.8. The molecule has 3 aromatic heterocycles. The highest BCUT2D eigenvalue weighted by atomic mass is 15.3. The van der Waals surface area contributed by atoms with Gasteiger partial charge >= 0.3 is 0 Å². The van der Waals surface area contributed by atoms with E-state index >= 15 is 0 Å². The van der Waals surface area contributed by atoms with Crippen molar-refractivity contribution < 1.29 is 0 Å². The van der Waals surface area contributed by atoms with Gasteiger partial charge in [-0.3, -0.25) is 4.90 Å². The largest absolute Gasteiger partial charge is 0.305 e. The molecule has 14 rings (SSSR count). The molecule has 88 heavy (non-hydrogen) atoms. The Labute approximate surface area is 515 Å². The molecule has 10 aromatic carbocycles. The molecule has 8 heteroatoms. The van der Waals surface area contributed by atoms with Crippen molar-refractivity contribution in [3.8, 4) is 102 Å². The van der Waals surface area contributed by atoms with E-state index < -0.39 is 0 Å². The van der Waals surface area contributed by atoms with Crippen LogP contribution < -0.4 is 9.80 Å². The number of benzene rings is 10. The Balaban J connectivity index is 1.12. The SMILES string of the molecule is CC(C)(C)c1cc(-c2cc(-c3cc(-c4ccccc4)nc(-c4ccccc4)n3)cc(-c3cc(-c4ccccc4)nc(-c4ccccc4)n3)c2N2c3ccccc3N(c3cc(-c4ccccc4)nc(-c4ccccc4)n3)c3ccccc32)cc(C(C)(C)C)c1. The Kier molecular flexibility index (Phi) is 14.2. The summed E-state index contributed by atoms with van der Waals surface area (Å²) < 4.78 is 0. The molecule has 1 aliphatic rings. The molecule has 13 aromatic rings. The van der Waals surface area contributed by atoms with Crippen LogP contribution in [0, 0.1) is 0 Å². The molecule has 1 aliphatic heterocycles. The number of hydrogen-bond donors (Lipinski definition) is 0. The number of hydrogen-bond acceptors (Lipinski definition) is 8. The first-order valence-corrected chi connectivity index (χ1v) is 30.0. The number of rotatable bonds is 11. The molecule has 0 radical (unpaired) electrons. The minimum atomic E-state index is -0.208. The molecule has 8 nitrogen and oxygen atoms in total. The van der Waals surface area contributed by atoms with E-state index in [1.54, 1.807) is 0 Å². The summed E-state index contributed by atoms with van der Waals surface area (Å²) in [5.74, 6) is 2.60. The van der Waals surface area contributed by atoms with Gasteiger partial charge in [0, 0.05) is 56.1 Å². The molecule has 0 fully saturated rings. The van der Waals surface area contributed by atoms with Crippen LogP contribution in [0.3, 0.4) is 0 Å². The molecule has 424 valence electrons. The van der Waals surface area contributed by atoms with E-state index in [9.17, 15) is 0 Å². The lowest BCUT2D eigenvalue weighted by molar-refractivity contribution is 0.569. The molecule has 0 atom stereocenters. The second-order valence-electron chi connectivity index (χ2n) is 24.4. The molecule has 0 saturated heterocycles. The van der Waals surface area contributed by atoms with Crippen LogP contribution in [0.25, 0.3) is 102 Å². The molecular formula is C80H64N8. The Morgan fingerprint density at radius 3 is 0.943 bits per heavy atom. The monoisotopic (exact) mass is 1140 g/mol. The maximum Gasteiger partial charge on any atom is 0.162 e. The van der Waals surface area contributed by atoms with Crippen LogP contribution in [-0.4, -0.2) is 29.9 Å². The average molecular weight is 1140 g/mol. The molecule has 4 heterocycles. The Morgan fingerprint density at radius 2 is 0.545 bits per heavy atom. The number of fused-ring (bicyclic) bond motifs is 2. The zero-order valence-corrected chi connectivity index (χ0v) is 50.1. The third kappa shape index (κ3) is 10.8. The van der Waals surface area contributed by atoms with Gasteiger partial charge in [0.05, 0.1) is 56.9 Å². The summed E-state index contributed by atoms with van der Waals surface area (Å²) >= 11 is 0. The van der Waals surface area contributed by atoms with Crippen molar-refractivity contribution in [2.45, 2.75) is 52.4 Å². The van der Waals surface area contributed by atoms with Crippen molar-refractivity contribution in [1.29, 1.82) is 0 Å². The number of para-hydroxylation sites is 4. The van der Waals surface area contributed by atoms with Crippen molar-refractivity contribution in [3.05, 3.63) is 290 Å². The van der Waals surface area contributed by atoms with Gasteiger partial charge in [-0.25, -0.2) is 29.9 Å². The van der Waals surface area contributed by atoms with Crippen molar-refractivity contribution >= 4 is 34.3 Å². The first kappa shape index (κ1) is 54.9. The molecule has 0 N–H and O–H groups in total. The number of anilines is 6. The van der Waals surface area contributed by atoms with Crippen molar-refractivity contribution in [1.82, 2.24) is 29.9 Å². The highest BCUT2D eigenvalue weighted by Gasteiger charge is 2.36. The minimum Gasteiger partial charge on any atom is -0.305 e. The molecular weight excluding hydrogens is 1070 g/mol. The second-order valence-corrected chi connectivity index (χ2v) is 24.4. The van der Waals surface area contributed by atoms with Gasteiger partial charge in [-0.1, -0.05) is 266 Å². The van der Waals surface area contributed by atoms with Crippen molar-refractivity contribution in [2.75, 3.05) is 9.80 Å². The first-order valence-electron chi connectivity index (χ1n) is 30.0. The summed E-state index contributed by atoms with van der Waals surface area (Å²) in [6, 6.07) is 97.7. The Morgan fingerprint density at radius 1 is 0.239 bits per heavy atom. The highest BCUT2D eigenvalue weighted by molar-refractivity contribution is 6.08. The third-order valence-corrected chi connectivity index (χ3v) is 16.3. The van der Waals surface area contributed by atoms with Crippen LogP contribution in [0.2, 0.25) is 0 Å². The van der Waals surface area contributed by atoms with Gasteiger partial charge in [-0.2, -0.15) is 0 Å². The normalized spacial score (nSPS) is 12.2. The predicted molar refractivity (Wildman–Crippen MR) is 362 cm³/mol. The lowest BCUT2D eigenvalue weighted by atomic mass is 9.78. The van der Waals surface area contributed by atoms with E-state index in [0.717, 1.165) is 118 Å². The van der Waals surface area contributed by atoms with Crippen LogP contribution in [0.5, 0.6) is 0 Å². The van der Waals surface area contributed by atoms with Crippen LogP contribution in [0.4, 0.5) is 34.3 Å². The zero-order valence-electron chi connectivity index (χ0n) is 50.1. The Hall–Kier alpha value is -11.0. The van der Waals surface area contributed by atoms with Gasteiger partial charge in [-0.15, -0.1) is 0 Å². The molecule has 0 amide bonds. The predicted octanol–water partition coefficient (Wildman–Crippen LogP) is 20.9. The summed E-state index contributed by atoms with van der Waals surface area (Å²) in [5, 5.41) is 0. The maximum atomic E-state index is 5.72. The number of nitrogens with zero attached hydrogens (tertiary/aromatic N) is 8. The van der Waals surface area contributed by atoms with E-state index in [-0.39, 0.29) is 10.8 Å². The van der Waals surface area contributed by atoms with E-state index in [1.807, 2.05) is 72.8 Å². The van der Waals surface area contributed by atoms with Crippen LogP contribution in [0.15, 0.2) is 279 Å².